The maximum absolute atomic E-state index is 11.2. The fourth-order valence-electron chi connectivity index (χ4n) is 3.88. The fourth-order valence-corrected chi connectivity index (χ4v) is 3.88. The van der Waals surface area contributed by atoms with Crippen LogP contribution < -0.4 is 4.90 Å². The van der Waals surface area contributed by atoms with Crippen LogP contribution in [0.4, 0.5) is 11.4 Å². The van der Waals surface area contributed by atoms with Gasteiger partial charge in [-0.1, -0.05) is 19.1 Å². The summed E-state index contributed by atoms with van der Waals surface area (Å²) in [6, 6.07) is 11.1. The largest absolute Gasteiger partial charge is 0.478 e. The van der Waals surface area contributed by atoms with Crippen LogP contribution in [0.3, 0.4) is 0 Å². The summed E-state index contributed by atoms with van der Waals surface area (Å²) < 4.78 is 0. The molecule has 1 aliphatic heterocycles. The Kier molecular flexibility index (Phi) is 5.41. The number of carbonyl (C=O) groups is 1. The number of anilines is 1. The first-order chi connectivity index (χ1) is 13.2. The molecule has 0 amide bonds. The van der Waals surface area contributed by atoms with E-state index in [1.54, 1.807) is 18.2 Å². The summed E-state index contributed by atoms with van der Waals surface area (Å²) in [6.07, 6.45) is 5.25. The second-order valence-electron chi connectivity index (χ2n) is 7.97. The van der Waals surface area contributed by atoms with Crippen molar-refractivity contribution < 1.29 is 9.90 Å². The van der Waals surface area contributed by atoms with Gasteiger partial charge < -0.3 is 10.0 Å². The molecule has 1 N–H and O–H groups in total. The molecular weight excluding hydrogens is 348 g/mol. The van der Waals surface area contributed by atoms with Gasteiger partial charge in [0.2, 0.25) is 0 Å². The summed E-state index contributed by atoms with van der Waals surface area (Å²) in [6.45, 7) is 12.0. The van der Waals surface area contributed by atoms with E-state index in [9.17, 15) is 4.79 Å². The molecule has 1 heterocycles. The molecule has 146 valence electrons. The molecule has 2 aromatic carbocycles. The summed E-state index contributed by atoms with van der Waals surface area (Å²) >= 11 is 0. The number of aliphatic imine (C=N–C) groups is 1. The summed E-state index contributed by atoms with van der Waals surface area (Å²) in [7, 11) is 0. The Morgan fingerprint density at radius 1 is 1.21 bits per heavy atom. The molecule has 0 atom stereocenters. The Morgan fingerprint density at radius 2 is 1.96 bits per heavy atom. The highest BCUT2D eigenvalue weighted by atomic mass is 16.4. The molecule has 3 rings (SSSR count). The Labute approximate surface area is 167 Å². The first-order valence-corrected chi connectivity index (χ1v) is 9.72. The predicted octanol–water partition coefficient (Wildman–Crippen LogP) is 5.86. The number of hydrogen-bond donors (Lipinski definition) is 1. The minimum Gasteiger partial charge on any atom is -0.478 e. The minimum absolute atomic E-state index is 0.00753. The zero-order chi connectivity index (χ0) is 20.5. The molecule has 4 nitrogen and oxygen atoms in total. The lowest BCUT2D eigenvalue weighted by Crippen LogP contribution is -2.45. The van der Waals surface area contributed by atoms with Crippen molar-refractivity contribution in [3.63, 3.8) is 0 Å². The number of aromatic carboxylic acids is 1. The number of rotatable bonds is 5. The number of aryl methyl sites for hydroxylation is 1. The highest BCUT2D eigenvalue weighted by Gasteiger charge is 2.31. The van der Waals surface area contributed by atoms with Crippen molar-refractivity contribution in [3.8, 4) is 0 Å². The summed E-state index contributed by atoms with van der Waals surface area (Å²) in [5.74, 6) is -0.943. The standard InChI is InChI=1S/C24H28N2O2/c1-6-10-26-22-11-16(2)19(13-21(22)17(3)14-24(26,4)5)15-25-20-9-7-8-18(12-20)23(27)28/h7-9,11-15H,6,10H2,1-5H3,(H,27,28). The summed E-state index contributed by atoms with van der Waals surface area (Å²) in [5.41, 5.74) is 6.85. The lowest BCUT2D eigenvalue weighted by Gasteiger charge is -2.43. The van der Waals surface area contributed by atoms with Gasteiger partial charge in [-0.2, -0.15) is 0 Å². The lowest BCUT2D eigenvalue weighted by molar-refractivity contribution is 0.0697. The van der Waals surface area contributed by atoms with Gasteiger partial charge in [0.05, 0.1) is 16.8 Å². The molecule has 2 aromatic rings. The SMILES string of the molecule is CCCN1c2cc(C)c(C=Nc3cccc(C(=O)O)c3)cc2C(C)=CC1(C)C. The van der Waals surface area contributed by atoms with E-state index in [0.717, 1.165) is 24.1 Å². The first-order valence-electron chi connectivity index (χ1n) is 9.72. The Hall–Kier alpha value is -2.88. The molecule has 0 fully saturated rings. The Balaban J connectivity index is 2.01. The van der Waals surface area contributed by atoms with Crippen LogP contribution in [0.2, 0.25) is 0 Å². The smallest absolute Gasteiger partial charge is 0.335 e. The van der Waals surface area contributed by atoms with Crippen molar-refractivity contribution in [2.24, 2.45) is 4.99 Å². The van der Waals surface area contributed by atoms with Crippen LogP contribution in [0, 0.1) is 6.92 Å². The van der Waals surface area contributed by atoms with Crippen molar-refractivity contribution >= 4 is 29.1 Å². The molecule has 0 aromatic heterocycles. The average Bonchev–Trinajstić information content (AvgIpc) is 2.63. The summed E-state index contributed by atoms with van der Waals surface area (Å²) in [5, 5.41) is 9.15. The summed E-state index contributed by atoms with van der Waals surface area (Å²) in [4.78, 5) is 18.1. The molecule has 0 saturated carbocycles. The molecule has 1 aliphatic rings. The normalized spacial score (nSPS) is 15.5. The van der Waals surface area contributed by atoms with Crippen LogP contribution in [0.5, 0.6) is 0 Å². The van der Waals surface area contributed by atoms with Gasteiger partial charge in [0.1, 0.15) is 0 Å². The molecular formula is C24H28N2O2. The van der Waals surface area contributed by atoms with E-state index in [-0.39, 0.29) is 11.1 Å². The van der Waals surface area contributed by atoms with Gasteiger partial charge in [0, 0.05) is 24.0 Å². The third kappa shape index (κ3) is 3.86. The first kappa shape index (κ1) is 19.9. The van der Waals surface area contributed by atoms with Crippen molar-refractivity contribution in [2.75, 3.05) is 11.4 Å². The second kappa shape index (κ2) is 7.63. The zero-order valence-electron chi connectivity index (χ0n) is 17.3. The van der Waals surface area contributed by atoms with Crippen LogP contribution in [-0.2, 0) is 0 Å². The van der Waals surface area contributed by atoms with Gasteiger partial charge in [0.25, 0.3) is 0 Å². The molecule has 0 bridgehead atoms. The van der Waals surface area contributed by atoms with E-state index in [1.807, 2.05) is 12.3 Å². The molecule has 0 spiro atoms. The number of allylic oxidation sites excluding steroid dienone is 1. The third-order valence-electron chi connectivity index (χ3n) is 5.26. The molecule has 0 radical (unpaired) electrons. The Bertz CT molecular complexity index is 971. The van der Waals surface area contributed by atoms with Crippen LogP contribution in [0.25, 0.3) is 5.57 Å². The van der Waals surface area contributed by atoms with Crippen LogP contribution in [-0.4, -0.2) is 29.4 Å². The van der Waals surface area contributed by atoms with Crippen molar-refractivity contribution in [1.29, 1.82) is 0 Å². The van der Waals surface area contributed by atoms with Crippen molar-refractivity contribution in [3.05, 3.63) is 64.7 Å². The topological polar surface area (TPSA) is 52.9 Å². The zero-order valence-corrected chi connectivity index (χ0v) is 17.3. The van der Waals surface area contributed by atoms with Crippen LogP contribution in [0.15, 0.2) is 47.5 Å². The fraction of sp³-hybridized carbons (Fsp3) is 0.333. The van der Waals surface area contributed by atoms with Crippen LogP contribution in [0.1, 0.15) is 61.2 Å². The second-order valence-corrected chi connectivity index (χ2v) is 7.97. The van der Waals surface area contributed by atoms with Crippen molar-refractivity contribution in [1.82, 2.24) is 0 Å². The number of hydrogen-bond acceptors (Lipinski definition) is 3. The van der Waals surface area contributed by atoms with E-state index in [4.69, 9.17) is 5.11 Å². The highest BCUT2D eigenvalue weighted by Crippen LogP contribution is 2.40. The average molecular weight is 377 g/mol. The van der Waals surface area contributed by atoms with E-state index >= 15 is 0 Å². The number of carboxylic acid groups (broad SMARTS) is 1. The highest BCUT2D eigenvalue weighted by molar-refractivity contribution is 5.91. The third-order valence-corrected chi connectivity index (χ3v) is 5.26. The maximum Gasteiger partial charge on any atom is 0.335 e. The van der Waals surface area contributed by atoms with Crippen LogP contribution >= 0.6 is 0 Å². The van der Waals surface area contributed by atoms with Gasteiger partial charge in [-0.05, 0) is 81.1 Å². The van der Waals surface area contributed by atoms with E-state index in [0.29, 0.717) is 5.69 Å². The monoisotopic (exact) mass is 376 g/mol. The number of carboxylic acids is 1. The quantitative estimate of drug-likeness (QED) is 0.665. The van der Waals surface area contributed by atoms with Gasteiger partial charge in [-0.15, -0.1) is 0 Å². The van der Waals surface area contributed by atoms with Gasteiger partial charge >= 0.3 is 5.97 Å². The predicted molar refractivity (Wildman–Crippen MR) is 117 cm³/mol. The number of nitrogens with zero attached hydrogens (tertiary/aromatic N) is 2. The molecule has 4 heteroatoms. The molecule has 0 unspecified atom stereocenters. The van der Waals surface area contributed by atoms with E-state index in [1.165, 1.54) is 16.8 Å². The van der Waals surface area contributed by atoms with E-state index in [2.05, 4.69) is 62.7 Å². The van der Waals surface area contributed by atoms with Gasteiger partial charge in [-0.25, -0.2) is 4.79 Å². The lowest BCUT2D eigenvalue weighted by atomic mass is 9.87. The van der Waals surface area contributed by atoms with Crippen molar-refractivity contribution in [2.45, 2.75) is 46.6 Å². The van der Waals surface area contributed by atoms with E-state index < -0.39 is 5.97 Å². The molecule has 28 heavy (non-hydrogen) atoms. The number of fused-ring (bicyclic) bond motifs is 1. The minimum atomic E-state index is -0.943. The molecule has 0 saturated heterocycles. The Morgan fingerprint density at radius 3 is 2.64 bits per heavy atom. The molecule has 0 aliphatic carbocycles. The van der Waals surface area contributed by atoms with Gasteiger partial charge in [0.15, 0.2) is 0 Å². The van der Waals surface area contributed by atoms with Gasteiger partial charge in [-0.3, -0.25) is 4.99 Å². The maximum atomic E-state index is 11.2. The number of benzene rings is 2.